The zero-order chi connectivity index (χ0) is 18.7. The first-order valence-electron chi connectivity index (χ1n) is 10.3. The minimum absolute atomic E-state index is 0.0634. The molecule has 2 N–H and O–H groups in total. The van der Waals surface area contributed by atoms with Gasteiger partial charge in [0, 0.05) is 37.3 Å². The summed E-state index contributed by atoms with van der Waals surface area (Å²) in [6, 6.07) is 15.3. The molecule has 1 aliphatic carbocycles. The Kier molecular flexibility index (Phi) is 5.67. The molecule has 0 unspecified atom stereocenters. The van der Waals surface area contributed by atoms with Gasteiger partial charge in [0.1, 0.15) is 11.5 Å². The molecule has 2 fully saturated rings. The fraction of sp³-hybridized carbons (Fsp3) is 0.565. The van der Waals surface area contributed by atoms with Crippen LogP contribution in [0.2, 0.25) is 0 Å². The van der Waals surface area contributed by atoms with E-state index in [1.807, 2.05) is 0 Å². The lowest BCUT2D eigenvalue weighted by molar-refractivity contribution is 0.0335. The summed E-state index contributed by atoms with van der Waals surface area (Å²) in [5.74, 6) is 3.64. The van der Waals surface area contributed by atoms with Gasteiger partial charge < -0.3 is 19.8 Å². The highest BCUT2D eigenvalue weighted by atomic mass is 16.5. The molecule has 146 valence electrons. The zero-order valence-corrected chi connectivity index (χ0v) is 16.5. The number of benzene rings is 1. The summed E-state index contributed by atoms with van der Waals surface area (Å²) >= 11 is 0. The third kappa shape index (κ3) is 4.63. The van der Waals surface area contributed by atoms with E-state index in [4.69, 9.17) is 9.15 Å². The first-order chi connectivity index (χ1) is 13.2. The van der Waals surface area contributed by atoms with E-state index < -0.39 is 0 Å². The lowest BCUT2D eigenvalue weighted by Crippen LogP contribution is -2.56. The molecule has 1 saturated heterocycles. The van der Waals surface area contributed by atoms with Gasteiger partial charge in [-0.3, -0.25) is 0 Å². The summed E-state index contributed by atoms with van der Waals surface area (Å²) < 4.78 is 11.7. The van der Waals surface area contributed by atoms with Crippen LogP contribution >= 0.6 is 0 Å². The Labute approximate surface area is 162 Å². The Balaban J connectivity index is 1.34. The Morgan fingerprint density at radius 2 is 1.85 bits per heavy atom. The van der Waals surface area contributed by atoms with Crippen LogP contribution in [0.15, 0.2) is 46.9 Å². The van der Waals surface area contributed by atoms with Gasteiger partial charge in [0.05, 0.1) is 6.54 Å². The molecule has 0 bridgehead atoms. The first-order valence-corrected chi connectivity index (χ1v) is 10.3. The van der Waals surface area contributed by atoms with Gasteiger partial charge in [-0.1, -0.05) is 37.3 Å². The van der Waals surface area contributed by atoms with Gasteiger partial charge in [-0.25, -0.2) is 0 Å². The van der Waals surface area contributed by atoms with Crippen molar-refractivity contribution in [2.45, 2.75) is 57.2 Å². The van der Waals surface area contributed by atoms with Gasteiger partial charge in [-0.05, 0) is 49.8 Å². The molecule has 3 atom stereocenters. The molecule has 4 heteroatoms. The van der Waals surface area contributed by atoms with Gasteiger partial charge in [-0.2, -0.15) is 0 Å². The molecule has 0 amide bonds. The summed E-state index contributed by atoms with van der Waals surface area (Å²) in [5.41, 5.74) is 1.39. The molecule has 2 heterocycles. The molecule has 2 aromatic rings. The van der Waals surface area contributed by atoms with Crippen molar-refractivity contribution >= 4 is 0 Å². The minimum atomic E-state index is 0.0634. The second-order valence-electron chi connectivity index (χ2n) is 8.40. The maximum Gasteiger partial charge on any atom is 0.117 e. The maximum atomic E-state index is 6.04. The highest BCUT2D eigenvalue weighted by Crippen LogP contribution is 2.47. The van der Waals surface area contributed by atoms with Crippen LogP contribution < -0.4 is 10.6 Å². The van der Waals surface area contributed by atoms with Crippen molar-refractivity contribution in [1.82, 2.24) is 10.6 Å². The monoisotopic (exact) mass is 368 g/mol. The van der Waals surface area contributed by atoms with Gasteiger partial charge >= 0.3 is 0 Å². The highest BCUT2D eigenvalue weighted by Gasteiger charge is 2.37. The zero-order valence-electron chi connectivity index (χ0n) is 16.5. The smallest absolute Gasteiger partial charge is 0.117 e. The molecule has 0 spiro atoms. The van der Waals surface area contributed by atoms with E-state index >= 15 is 0 Å². The Morgan fingerprint density at radius 3 is 2.56 bits per heavy atom. The SMILES string of the molecule is C[C@H](NC1(CNCc2ccc([C@@H]3C[C@H]3C)o2)CCOCC1)c1ccccc1. The third-order valence-electron chi connectivity index (χ3n) is 6.19. The van der Waals surface area contributed by atoms with Gasteiger partial charge in [0.2, 0.25) is 0 Å². The summed E-state index contributed by atoms with van der Waals surface area (Å²) in [5, 5.41) is 7.54. The third-order valence-corrected chi connectivity index (χ3v) is 6.19. The Bertz CT molecular complexity index is 721. The summed E-state index contributed by atoms with van der Waals surface area (Å²) in [7, 11) is 0. The number of hydrogen-bond donors (Lipinski definition) is 2. The molecule has 1 aliphatic heterocycles. The predicted octanol–water partition coefficient (Wildman–Crippen LogP) is 4.39. The normalized spacial score (nSPS) is 25.3. The quantitative estimate of drug-likeness (QED) is 0.725. The van der Waals surface area contributed by atoms with E-state index in [9.17, 15) is 0 Å². The Hall–Kier alpha value is -1.62. The van der Waals surface area contributed by atoms with Crippen LogP contribution in [0, 0.1) is 5.92 Å². The Morgan fingerprint density at radius 1 is 1.11 bits per heavy atom. The second kappa shape index (κ2) is 8.17. The van der Waals surface area contributed by atoms with Crippen LogP contribution in [0.3, 0.4) is 0 Å². The lowest BCUT2D eigenvalue weighted by Gasteiger charge is -2.40. The highest BCUT2D eigenvalue weighted by molar-refractivity contribution is 5.19. The molecule has 1 saturated carbocycles. The molecule has 1 aromatic carbocycles. The van der Waals surface area contributed by atoms with E-state index in [0.717, 1.165) is 56.6 Å². The van der Waals surface area contributed by atoms with E-state index in [1.165, 1.54) is 12.0 Å². The lowest BCUT2D eigenvalue weighted by atomic mass is 9.88. The van der Waals surface area contributed by atoms with Crippen LogP contribution in [0.1, 0.15) is 62.2 Å². The van der Waals surface area contributed by atoms with E-state index in [2.05, 4.69) is 66.9 Å². The van der Waals surface area contributed by atoms with Gasteiger partial charge in [-0.15, -0.1) is 0 Å². The summed E-state index contributed by atoms with van der Waals surface area (Å²) in [4.78, 5) is 0. The fourth-order valence-corrected chi connectivity index (χ4v) is 4.25. The van der Waals surface area contributed by atoms with Crippen LogP contribution in [0.5, 0.6) is 0 Å². The van der Waals surface area contributed by atoms with Gasteiger partial charge in [0.25, 0.3) is 0 Å². The molecular weight excluding hydrogens is 336 g/mol. The fourth-order valence-electron chi connectivity index (χ4n) is 4.25. The number of nitrogens with one attached hydrogen (secondary N) is 2. The van der Waals surface area contributed by atoms with Crippen LogP contribution in [0.4, 0.5) is 0 Å². The molecule has 4 rings (SSSR count). The van der Waals surface area contributed by atoms with Crippen molar-refractivity contribution in [3.63, 3.8) is 0 Å². The van der Waals surface area contributed by atoms with Crippen molar-refractivity contribution in [3.05, 3.63) is 59.5 Å². The number of ether oxygens (including phenoxy) is 1. The van der Waals surface area contributed by atoms with Crippen LogP contribution in [-0.4, -0.2) is 25.3 Å². The number of rotatable bonds is 8. The molecule has 1 aromatic heterocycles. The molecular formula is C23H32N2O2. The second-order valence-corrected chi connectivity index (χ2v) is 8.40. The topological polar surface area (TPSA) is 46.4 Å². The van der Waals surface area contributed by atoms with Crippen LogP contribution in [-0.2, 0) is 11.3 Å². The number of hydrogen-bond acceptors (Lipinski definition) is 4. The van der Waals surface area contributed by atoms with Crippen molar-refractivity contribution in [2.75, 3.05) is 19.8 Å². The number of furan rings is 1. The average molecular weight is 369 g/mol. The van der Waals surface area contributed by atoms with Crippen LogP contribution in [0.25, 0.3) is 0 Å². The maximum absolute atomic E-state index is 6.04. The molecule has 2 aliphatic rings. The first kappa shape index (κ1) is 18.7. The standard InChI is InChI=1S/C23H32N2O2/c1-17-14-21(17)22-9-8-20(27-22)15-24-16-23(10-12-26-13-11-23)25-18(2)19-6-4-3-5-7-19/h3-9,17-18,21,24-25H,10-16H2,1-2H3/t17-,18+,21-/m1/s1. The van der Waals surface area contributed by atoms with Crippen molar-refractivity contribution < 1.29 is 9.15 Å². The van der Waals surface area contributed by atoms with Gasteiger partial charge in [0.15, 0.2) is 0 Å². The largest absolute Gasteiger partial charge is 0.464 e. The average Bonchev–Trinajstić information content (AvgIpc) is 3.24. The molecule has 4 nitrogen and oxygen atoms in total. The summed E-state index contributed by atoms with van der Waals surface area (Å²) in [6.45, 7) is 7.89. The van der Waals surface area contributed by atoms with E-state index in [1.54, 1.807) is 0 Å². The predicted molar refractivity (Wildman–Crippen MR) is 108 cm³/mol. The van der Waals surface area contributed by atoms with Crippen molar-refractivity contribution in [1.29, 1.82) is 0 Å². The van der Waals surface area contributed by atoms with Crippen molar-refractivity contribution in [3.8, 4) is 0 Å². The van der Waals surface area contributed by atoms with Crippen molar-refractivity contribution in [2.24, 2.45) is 5.92 Å². The van der Waals surface area contributed by atoms with E-state index in [-0.39, 0.29) is 5.54 Å². The summed E-state index contributed by atoms with van der Waals surface area (Å²) in [6.07, 6.45) is 3.32. The van der Waals surface area contributed by atoms with E-state index in [0.29, 0.717) is 12.0 Å². The molecule has 0 radical (unpaired) electrons. The molecule has 27 heavy (non-hydrogen) atoms. The minimum Gasteiger partial charge on any atom is -0.464 e.